The smallest absolute Gasteiger partial charge is 0.315 e. The van der Waals surface area contributed by atoms with Crippen LogP contribution in [0, 0.1) is 10.1 Å². The molecule has 0 saturated heterocycles. The Morgan fingerprint density at radius 3 is 2.83 bits per heavy atom. The first-order chi connectivity index (χ1) is 11.5. The number of halogens is 1. The highest BCUT2D eigenvalue weighted by Gasteiger charge is 2.20. The van der Waals surface area contributed by atoms with Crippen LogP contribution >= 0.6 is 11.6 Å². The third-order valence-corrected chi connectivity index (χ3v) is 3.56. The van der Waals surface area contributed by atoms with Crippen molar-refractivity contribution in [3.05, 3.63) is 58.0 Å². The van der Waals surface area contributed by atoms with E-state index in [1.807, 2.05) is 12.1 Å². The molecule has 0 bridgehead atoms. The second kappa shape index (κ2) is 6.21. The third kappa shape index (κ3) is 2.89. The molecule has 8 heteroatoms. The summed E-state index contributed by atoms with van der Waals surface area (Å²) in [6.45, 7) is 0. The lowest BCUT2D eigenvalue weighted by Crippen LogP contribution is -1.93. The van der Waals surface area contributed by atoms with E-state index in [2.05, 4.69) is 4.98 Å². The summed E-state index contributed by atoms with van der Waals surface area (Å²) in [5.41, 5.74) is 1.10. The largest absolute Gasteiger partial charge is 0.500 e. The van der Waals surface area contributed by atoms with Crippen molar-refractivity contribution in [1.82, 2.24) is 4.98 Å². The van der Waals surface area contributed by atoms with Gasteiger partial charge in [0.05, 0.1) is 12.0 Å². The Morgan fingerprint density at radius 2 is 2.17 bits per heavy atom. The van der Waals surface area contributed by atoms with Crippen LogP contribution in [0.2, 0.25) is 0 Å². The number of nitro groups is 1. The van der Waals surface area contributed by atoms with E-state index in [9.17, 15) is 15.2 Å². The Kier molecular flexibility index (Phi) is 4.09. The molecular weight excluding hydrogens is 336 g/mol. The minimum Gasteiger partial charge on any atom is -0.500 e. The second-order valence-electron chi connectivity index (χ2n) is 4.83. The molecule has 0 unspecified atom stereocenters. The highest BCUT2D eigenvalue weighted by molar-refractivity contribution is 6.50. The van der Waals surface area contributed by atoms with E-state index in [1.165, 1.54) is 25.3 Å². The fourth-order valence-electron chi connectivity index (χ4n) is 2.17. The average Bonchev–Trinajstić information content (AvgIpc) is 3.00. The Bertz CT molecular complexity index is 931. The maximum absolute atomic E-state index is 11.0. The number of rotatable bonds is 4. The van der Waals surface area contributed by atoms with Crippen LogP contribution in [0.25, 0.3) is 22.2 Å². The Balaban J connectivity index is 2.06. The number of fused-ring (bicyclic) bond motifs is 1. The minimum atomic E-state index is -0.706. The number of nitrogens with zero attached hydrogens (tertiary/aromatic N) is 2. The number of ether oxygens (including phenoxy) is 1. The highest BCUT2D eigenvalue weighted by Crippen LogP contribution is 2.38. The normalized spacial score (nSPS) is 11.7. The molecule has 24 heavy (non-hydrogen) atoms. The van der Waals surface area contributed by atoms with E-state index in [1.54, 1.807) is 12.1 Å². The molecule has 0 amide bonds. The van der Waals surface area contributed by atoms with Crippen molar-refractivity contribution in [2.75, 3.05) is 7.11 Å². The van der Waals surface area contributed by atoms with Gasteiger partial charge in [0.1, 0.15) is 10.5 Å². The zero-order chi connectivity index (χ0) is 17.3. The van der Waals surface area contributed by atoms with Gasteiger partial charge in [-0.25, -0.2) is 4.98 Å². The molecule has 0 atom stereocenters. The Morgan fingerprint density at radius 1 is 1.42 bits per heavy atom. The number of phenolic OH excluding ortho intramolecular Hbond substituents is 1. The van der Waals surface area contributed by atoms with Crippen molar-refractivity contribution in [2.24, 2.45) is 0 Å². The molecule has 0 aliphatic rings. The molecule has 2 aromatic carbocycles. The lowest BCUT2D eigenvalue weighted by atomic mass is 10.1. The van der Waals surface area contributed by atoms with Crippen molar-refractivity contribution in [1.29, 1.82) is 0 Å². The van der Waals surface area contributed by atoms with Gasteiger partial charge >= 0.3 is 5.69 Å². The Labute approximate surface area is 140 Å². The molecule has 0 saturated carbocycles. The SMILES string of the molecule is COc1cc(/C=C(/Cl)c2nc3ccccc3o2)cc([N+](=O)[O-])c1O. The molecule has 7 nitrogen and oxygen atoms in total. The maximum Gasteiger partial charge on any atom is 0.315 e. The number of aromatic hydroxyl groups is 1. The highest BCUT2D eigenvalue weighted by atomic mass is 35.5. The number of hydrogen-bond donors (Lipinski definition) is 1. The van der Waals surface area contributed by atoms with Gasteiger partial charge in [-0.3, -0.25) is 10.1 Å². The van der Waals surface area contributed by atoms with E-state index >= 15 is 0 Å². The van der Waals surface area contributed by atoms with Crippen molar-refractivity contribution in [3.63, 3.8) is 0 Å². The summed E-state index contributed by atoms with van der Waals surface area (Å²) in [5, 5.41) is 21.0. The van der Waals surface area contributed by atoms with E-state index in [0.29, 0.717) is 16.7 Å². The van der Waals surface area contributed by atoms with Gasteiger partial charge in [0.25, 0.3) is 0 Å². The van der Waals surface area contributed by atoms with Crippen LogP contribution < -0.4 is 4.74 Å². The molecule has 1 N–H and O–H groups in total. The summed E-state index contributed by atoms with van der Waals surface area (Å²) >= 11 is 6.21. The number of hydrogen-bond acceptors (Lipinski definition) is 6. The van der Waals surface area contributed by atoms with Crippen LogP contribution in [0.5, 0.6) is 11.5 Å². The first-order valence-electron chi connectivity index (χ1n) is 6.78. The molecule has 0 spiro atoms. The van der Waals surface area contributed by atoms with Crippen molar-refractivity contribution in [2.45, 2.75) is 0 Å². The summed E-state index contributed by atoms with van der Waals surface area (Å²) in [5.74, 6) is -0.386. The van der Waals surface area contributed by atoms with E-state index in [0.717, 1.165) is 0 Å². The number of methoxy groups -OCH3 is 1. The molecular formula is C16H11ClN2O5. The fourth-order valence-corrected chi connectivity index (χ4v) is 2.38. The van der Waals surface area contributed by atoms with Gasteiger partial charge in [0.15, 0.2) is 11.3 Å². The zero-order valence-electron chi connectivity index (χ0n) is 12.4. The molecule has 1 heterocycles. The summed E-state index contributed by atoms with van der Waals surface area (Å²) in [6.07, 6.45) is 1.45. The zero-order valence-corrected chi connectivity index (χ0v) is 13.1. The van der Waals surface area contributed by atoms with Gasteiger partial charge in [0.2, 0.25) is 11.6 Å². The number of benzene rings is 2. The quantitative estimate of drug-likeness (QED) is 0.561. The first-order valence-corrected chi connectivity index (χ1v) is 7.16. The van der Waals surface area contributed by atoms with Crippen LogP contribution in [0.3, 0.4) is 0 Å². The van der Waals surface area contributed by atoms with Crippen LogP contribution in [-0.4, -0.2) is 22.1 Å². The molecule has 3 aromatic rings. The number of nitro benzene ring substituents is 1. The second-order valence-corrected chi connectivity index (χ2v) is 5.23. The van der Waals surface area contributed by atoms with E-state index < -0.39 is 16.4 Å². The van der Waals surface area contributed by atoms with Gasteiger partial charge in [0, 0.05) is 6.07 Å². The molecule has 3 rings (SSSR count). The summed E-state index contributed by atoms with van der Waals surface area (Å²) < 4.78 is 10.5. The van der Waals surface area contributed by atoms with Gasteiger partial charge in [-0.05, 0) is 29.8 Å². The van der Waals surface area contributed by atoms with Crippen LogP contribution in [0.1, 0.15) is 11.5 Å². The number of para-hydroxylation sites is 2. The predicted octanol–water partition coefficient (Wildman–Crippen LogP) is 4.19. The molecule has 0 aliphatic carbocycles. The van der Waals surface area contributed by atoms with Crippen LogP contribution in [-0.2, 0) is 0 Å². The van der Waals surface area contributed by atoms with Crippen molar-refractivity contribution < 1.29 is 19.2 Å². The predicted molar refractivity (Wildman–Crippen MR) is 89.0 cm³/mol. The van der Waals surface area contributed by atoms with Gasteiger partial charge in [-0.15, -0.1) is 0 Å². The standard InChI is InChI=1S/C16H11ClN2O5/c1-23-14-8-9(7-12(15(14)20)19(21)22)6-10(17)16-18-11-4-2-3-5-13(11)24-16/h2-8,20H,1H3/b10-6+. The van der Waals surface area contributed by atoms with Gasteiger partial charge < -0.3 is 14.3 Å². The number of oxazole rings is 1. The third-order valence-electron chi connectivity index (χ3n) is 3.29. The fraction of sp³-hybridized carbons (Fsp3) is 0.0625. The van der Waals surface area contributed by atoms with Crippen LogP contribution in [0.15, 0.2) is 40.8 Å². The van der Waals surface area contributed by atoms with E-state index in [-0.39, 0.29) is 16.7 Å². The summed E-state index contributed by atoms with van der Waals surface area (Å²) in [6, 6.07) is 9.77. The van der Waals surface area contributed by atoms with Crippen molar-refractivity contribution >= 4 is 39.5 Å². The van der Waals surface area contributed by atoms with Gasteiger partial charge in [-0.2, -0.15) is 0 Å². The molecule has 0 aliphatic heterocycles. The van der Waals surface area contributed by atoms with E-state index in [4.69, 9.17) is 20.8 Å². The summed E-state index contributed by atoms with van der Waals surface area (Å²) in [7, 11) is 1.30. The molecule has 122 valence electrons. The lowest BCUT2D eigenvalue weighted by molar-refractivity contribution is -0.386. The topological polar surface area (TPSA) is 98.6 Å². The molecule has 0 fully saturated rings. The monoisotopic (exact) mass is 346 g/mol. The molecule has 1 aromatic heterocycles. The Hall–Kier alpha value is -3.06. The number of aromatic nitrogens is 1. The molecule has 0 radical (unpaired) electrons. The van der Waals surface area contributed by atoms with Crippen molar-refractivity contribution in [3.8, 4) is 11.5 Å². The minimum absolute atomic E-state index is 0.0301. The maximum atomic E-state index is 11.0. The first kappa shape index (κ1) is 15.8. The summed E-state index contributed by atoms with van der Waals surface area (Å²) in [4.78, 5) is 14.6. The van der Waals surface area contributed by atoms with Crippen LogP contribution in [0.4, 0.5) is 5.69 Å². The van der Waals surface area contributed by atoms with Gasteiger partial charge in [-0.1, -0.05) is 23.7 Å². The number of phenols is 1. The lowest BCUT2D eigenvalue weighted by Gasteiger charge is -2.05. The average molecular weight is 347 g/mol.